The van der Waals surface area contributed by atoms with Gasteiger partial charge in [-0.05, 0) is 19.1 Å². The van der Waals surface area contributed by atoms with Gasteiger partial charge in [0.1, 0.15) is 17.6 Å². The monoisotopic (exact) mass is 287 g/mol. The fourth-order valence-corrected chi connectivity index (χ4v) is 1.65. The molecule has 0 aliphatic rings. The second kappa shape index (κ2) is 5.95. The summed E-state index contributed by atoms with van der Waals surface area (Å²) < 4.78 is 0. The fraction of sp³-hybridized carbons (Fsp3) is 0.154. The minimum absolute atomic E-state index is 0.0695. The van der Waals surface area contributed by atoms with Crippen molar-refractivity contribution in [1.29, 1.82) is 0 Å². The summed E-state index contributed by atoms with van der Waals surface area (Å²) in [5.41, 5.74) is 0.842. The molecule has 2 aromatic heterocycles. The Balaban J connectivity index is 2.33. The number of amides is 1. The van der Waals surface area contributed by atoms with E-state index in [1.807, 2.05) is 6.92 Å². The summed E-state index contributed by atoms with van der Waals surface area (Å²) in [5.74, 6) is -0.223. The van der Waals surface area contributed by atoms with Crippen LogP contribution >= 0.6 is 0 Å². The zero-order valence-electron chi connectivity index (χ0n) is 11.5. The number of aromatic nitrogens is 2. The number of nitrogens with zero attached hydrogens (tertiary/aromatic N) is 3. The highest BCUT2D eigenvalue weighted by molar-refractivity contribution is 6.07. The fourth-order valence-electron chi connectivity index (χ4n) is 1.65. The van der Waals surface area contributed by atoms with Gasteiger partial charge in [-0.1, -0.05) is 0 Å². The molecule has 0 aliphatic carbocycles. The Morgan fingerprint density at radius 3 is 2.62 bits per heavy atom. The third-order valence-electron chi connectivity index (χ3n) is 2.75. The number of nitrogens with one attached hydrogen (secondary N) is 2. The molecular weight excluding hydrogens is 274 g/mol. The van der Waals surface area contributed by atoms with Crippen molar-refractivity contribution in [2.24, 2.45) is 0 Å². The highest BCUT2D eigenvalue weighted by Crippen LogP contribution is 2.21. The van der Waals surface area contributed by atoms with Crippen LogP contribution in [-0.4, -0.2) is 27.8 Å². The highest BCUT2D eigenvalue weighted by Gasteiger charge is 2.21. The van der Waals surface area contributed by atoms with Crippen LogP contribution < -0.4 is 10.6 Å². The lowest BCUT2D eigenvalue weighted by molar-refractivity contribution is -0.385. The Hall–Kier alpha value is -3.03. The van der Waals surface area contributed by atoms with Crippen LogP contribution in [-0.2, 0) is 0 Å². The van der Waals surface area contributed by atoms with Gasteiger partial charge in [0.25, 0.3) is 11.6 Å². The molecule has 0 aliphatic heterocycles. The molecule has 0 unspecified atom stereocenters. The summed E-state index contributed by atoms with van der Waals surface area (Å²) in [4.78, 5) is 30.4. The molecule has 21 heavy (non-hydrogen) atoms. The van der Waals surface area contributed by atoms with Crippen LogP contribution in [0, 0.1) is 17.0 Å². The van der Waals surface area contributed by atoms with E-state index in [9.17, 15) is 14.9 Å². The molecular formula is C13H13N5O3. The molecule has 2 N–H and O–H groups in total. The lowest BCUT2D eigenvalue weighted by Gasteiger charge is -2.07. The number of nitro groups is 1. The van der Waals surface area contributed by atoms with Crippen molar-refractivity contribution >= 4 is 23.1 Å². The SMILES string of the molecule is CNc1cc(C(=O)Nc2ccc(C)nc2)c([N+](=O)[O-])cn1. The summed E-state index contributed by atoms with van der Waals surface area (Å²) in [5, 5.41) is 16.3. The number of hydrogen-bond donors (Lipinski definition) is 2. The quantitative estimate of drug-likeness (QED) is 0.657. The predicted molar refractivity (Wildman–Crippen MR) is 77.4 cm³/mol. The first-order valence-corrected chi connectivity index (χ1v) is 6.07. The minimum Gasteiger partial charge on any atom is -0.373 e. The molecule has 0 bridgehead atoms. The van der Waals surface area contributed by atoms with Crippen molar-refractivity contribution in [3.63, 3.8) is 0 Å². The van der Waals surface area contributed by atoms with Crippen molar-refractivity contribution in [2.75, 3.05) is 17.7 Å². The molecule has 0 aromatic carbocycles. The molecule has 1 amide bonds. The van der Waals surface area contributed by atoms with E-state index in [4.69, 9.17) is 0 Å². The molecule has 0 atom stereocenters. The second-order valence-electron chi connectivity index (χ2n) is 4.24. The van der Waals surface area contributed by atoms with Crippen molar-refractivity contribution < 1.29 is 9.72 Å². The van der Waals surface area contributed by atoms with E-state index in [1.54, 1.807) is 19.2 Å². The third kappa shape index (κ3) is 3.30. The molecule has 2 rings (SSSR count). The summed E-state index contributed by atoms with van der Waals surface area (Å²) in [6, 6.07) is 4.73. The zero-order chi connectivity index (χ0) is 15.4. The van der Waals surface area contributed by atoms with E-state index in [0.29, 0.717) is 11.5 Å². The van der Waals surface area contributed by atoms with Crippen molar-refractivity contribution in [3.05, 3.63) is 52.0 Å². The molecule has 108 valence electrons. The van der Waals surface area contributed by atoms with E-state index in [2.05, 4.69) is 20.6 Å². The van der Waals surface area contributed by atoms with Crippen LogP contribution in [0.3, 0.4) is 0 Å². The Labute approximate surface area is 120 Å². The molecule has 0 radical (unpaired) electrons. The van der Waals surface area contributed by atoms with E-state index in [0.717, 1.165) is 11.9 Å². The standard InChI is InChI=1S/C13H13N5O3/c1-8-3-4-9(6-15-8)17-13(19)10-5-12(14-2)16-7-11(10)18(20)21/h3-7H,1-2H3,(H,14,16)(H,17,19). The lowest BCUT2D eigenvalue weighted by atomic mass is 10.2. The number of rotatable bonds is 4. The van der Waals surface area contributed by atoms with Crippen LogP contribution in [0.2, 0.25) is 0 Å². The van der Waals surface area contributed by atoms with Crippen LogP contribution in [0.1, 0.15) is 16.1 Å². The van der Waals surface area contributed by atoms with Gasteiger partial charge in [-0.15, -0.1) is 0 Å². The zero-order valence-corrected chi connectivity index (χ0v) is 11.5. The van der Waals surface area contributed by atoms with Crippen molar-refractivity contribution in [3.8, 4) is 0 Å². The largest absolute Gasteiger partial charge is 0.373 e. The first kappa shape index (κ1) is 14.4. The highest BCUT2D eigenvalue weighted by atomic mass is 16.6. The third-order valence-corrected chi connectivity index (χ3v) is 2.75. The van der Waals surface area contributed by atoms with Crippen LogP contribution in [0.5, 0.6) is 0 Å². The number of carbonyl (C=O) groups is 1. The number of hydrogen-bond acceptors (Lipinski definition) is 6. The van der Waals surface area contributed by atoms with Crippen LogP contribution in [0.25, 0.3) is 0 Å². The number of anilines is 2. The van der Waals surface area contributed by atoms with Gasteiger partial charge in [0.05, 0.1) is 16.8 Å². The summed E-state index contributed by atoms with van der Waals surface area (Å²) in [7, 11) is 1.61. The predicted octanol–water partition coefficient (Wildman–Crippen LogP) is 1.99. The Kier molecular flexibility index (Phi) is 4.07. The molecule has 0 saturated carbocycles. The molecule has 0 saturated heterocycles. The molecule has 2 heterocycles. The molecule has 0 fully saturated rings. The van der Waals surface area contributed by atoms with Gasteiger partial charge in [-0.3, -0.25) is 19.9 Å². The van der Waals surface area contributed by atoms with Gasteiger partial charge in [0, 0.05) is 18.8 Å². The van der Waals surface area contributed by atoms with E-state index >= 15 is 0 Å². The summed E-state index contributed by atoms with van der Waals surface area (Å²) in [6.45, 7) is 1.82. The van der Waals surface area contributed by atoms with Crippen molar-refractivity contribution in [1.82, 2.24) is 9.97 Å². The molecule has 2 aromatic rings. The Morgan fingerprint density at radius 2 is 2.05 bits per heavy atom. The maximum absolute atomic E-state index is 12.2. The summed E-state index contributed by atoms with van der Waals surface area (Å²) >= 11 is 0. The van der Waals surface area contributed by atoms with E-state index < -0.39 is 10.8 Å². The minimum atomic E-state index is -0.644. The average molecular weight is 287 g/mol. The van der Waals surface area contributed by atoms with E-state index in [-0.39, 0.29) is 11.3 Å². The maximum Gasteiger partial charge on any atom is 0.300 e. The number of pyridine rings is 2. The Bertz CT molecular complexity index is 685. The second-order valence-corrected chi connectivity index (χ2v) is 4.24. The van der Waals surface area contributed by atoms with Crippen molar-refractivity contribution in [2.45, 2.75) is 6.92 Å². The normalized spacial score (nSPS) is 10.0. The average Bonchev–Trinajstić information content (AvgIpc) is 2.48. The molecule has 8 nitrogen and oxygen atoms in total. The van der Waals surface area contributed by atoms with Gasteiger partial charge >= 0.3 is 0 Å². The maximum atomic E-state index is 12.2. The number of aryl methyl sites for hydroxylation is 1. The van der Waals surface area contributed by atoms with Gasteiger partial charge in [-0.25, -0.2) is 4.98 Å². The first-order valence-electron chi connectivity index (χ1n) is 6.07. The smallest absolute Gasteiger partial charge is 0.300 e. The lowest BCUT2D eigenvalue weighted by Crippen LogP contribution is -2.15. The van der Waals surface area contributed by atoms with Gasteiger partial charge in [0.15, 0.2) is 0 Å². The number of carbonyl (C=O) groups excluding carboxylic acids is 1. The topological polar surface area (TPSA) is 110 Å². The Morgan fingerprint density at radius 1 is 1.29 bits per heavy atom. The van der Waals surface area contributed by atoms with E-state index in [1.165, 1.54) is 12.3 Å². The van der Waals surface area contributed by atoms with Gasteiger partial charge in [-0.2, -0.15) is 0 Å². The molecule has 8 heteroatoms. The van der Waals surface area contributed by atoms with Crippen LogP contribution in [0.4, 0.5) is 17.2 Å². The first-order chi connectivity index (χ1) is 10.0. The summed E-state index contributed by atoms with van der Waals surface area (Å²) in [6.07, 6.45) is 2.54. The molecule has 0 spiro atoms. The van der Waals surface area contributed by atoms with Gasteiger partial charge < -0.3 is 10.6 Å². The van der Waals surface area contributed by atoms with Crippen LogP contribution in [0.15, 0.2) is 30.6 Å². The van der Waals surface area contributed by atoms with Gasteiger partial charge in [0.2, 0.25) is 0 Å².